The van der Waals surface area contributed by atoms with Gasteiger partial charge in [0.25, 0.3) is 0 Å². The molecule has 1 heteroatoms. The fourth-order valence-corrected chi connectivity index (χ4v) is 2.63. The third-order valence-electron chi connectivity index (χ3n) is 3.95. The van der Waals surface area contributed by atoms with Crippen molar-refractivity contribution in [2.24, 2.45) is 0 Å². The molecule has 1 aromatic carbocycles. The van der Waals surface area contributed by atoms with Gasteiger partial charge in [0, 0.05) is 6.04 Å². The van der Waals surface area contributed by atoms with Crippen LogP contribution in [0.1, 0.15) is 71.4 Å². The molecule has 1 aromatic rings. The average Bonchev–Trinajstić information content (AvgIpc) is 2.39. The molecule has 0 heterocycles. The van der Waals surface area contributed by atoms with Crippen LogP contribution in [0.2, 0.25) is 0 Å². The van der Waals surface area contributed by atoms with Gasteiger partial charge in [0.2, 0.25) is 0 Å². The summed E-state index contributed by atoms with van der Waals surface area (Å²) in [5.41, 5.74) is 3.13. The van der Waals surface area contributed by atoms with Crippen molar-refractivity contribution >= 4 is 0 Å². The molecule has 1 N–H and O–H groups in total. The summed E-state index contributed by atoms with van der Waals surface area (Å²) in [5, 5.41) is 3.63. The topological polar surface area (TPSA) is 12.0 Å². The molecule has 0 saturated heterocycles. The highest BCUT2D eigenvalue weighted by molar-refractivity contribution is 5.28. The Morgan fingerprint density at radius 3 is 2.15 bits per heavy atom. The summed E-state index contributed by atoms with van der Waals surface area (Å²) >= 11 is 0. The summed E-state index contributed by atoms with van der Waals surface area (Å²) in [7, 11) is 0. The van der Waals surface area contributed by atoms with Crippen molar-refractivity contribution in [3.05, 3.63) is 35.4 Å². The molecule has 0 aliphatic rings. The van der Waals surface area contributed by atoms with Gasteiger partial charge in [0.1, 0.15) is 0 Å². The van der Waals surface area contributed by atoms with Gasteiger partial charge in [-0.1, -0.05) is 78.1 Å². The Morgan fingerprint density at radius 1 is 1.00 bits per heavy atom. The molecule has 1 atom stereocenters. The third-order valence-corrected chi connectivity index (χ3v) is 3.95. The minimum atomic E-state index is 0.251. The molecular formula is C19H33N. The number of rotatable bonds is 8. The maximum absolute atomic E-state index is 3.63. The normalized spacial score (nSPS) is 13.4. The van der Waals surface area contributed by atoms with E-state index in [1.54, 1.807) is 0 Å². The number of likely N-dealkylation sites (N-methyl/N-ethyl adjacent to an activating group) is 1. The molecule has 20 heavy (non-hydrogen) atoms. The first-order valence-corrected chi connectivity index (χ1v) is 8.30. The van der Waals surface area contributed by atoms with Crippen LogP contribution in [0.4, 0.5) is 0 Å². The molecule has 0 aliphatic heterocycles. The first kappa shape index (κ1) is 17.2. The molecule has 0 aromatic heterocycles. The van der Waals surface area contributed by atoms with E-state index < -0.39 is 0 Å². The maximum atomic E-state index is 3.63. The second kappa shape index (κ2) is 8.46. The van der Waals surface area contributed by atoms with Crippen LogP contribution in [-0.4, -0.2) is 12.6 Å². The van der Waals surface area contributed by atoms with E-state index in [0.29, 0.717) is 6.04 Å². The van der Waals surface area contributed by atoms with Crippen molar-refractivity contribution in [1.29, 1.82) is 0 Å². The smallest absolute Gasteiger partial charge is 0.0107 e. The van der Waals surface area contributed by atoms with Crippen LogP contribution < -0.4 is 5.32 Å². The van der Waals surface area contributed by atoms with Crippen LogP contribution in [0.25, 0.3) is 0 Å². The minimum Gasteiger partial charge on any atom is -0.314 e. The van der Waals surface area contributed by atoms with E-state index in [2.05, 4.69) is 64.2 Å². The fourth-order valence-electron chi connectivity index (χ4n) is 2.63. The highest BCUT2D eigenvalue weighted by Gasteiger charge is 2.13. The van der Waals surface area contributed by atoms with E-state index >= 15 is 0 Å². The summed E-state index contributed by atoms with van der Waals surface area (Å²) in [5.74, 6) is 0. The summed E-state index contributed by atoms with van der Waals surface area (Å²) < 4.78 is 0. The van der Waals surface area contributed by atoms with Gasteiger partial charge in [-0.3, -0.25) is 0 Å². The van der Waals surface area contributed by atoms with E-state index in [4.69, 9.17) is 0 Å². The second-order valence-corrected chi connectivity index (χ2v) is 6.90. The van der Waals surface area contributed by atoms with Crippen LogP contribution >= 0.6 is 0 Å². The molecule has 0 bridgehead atoms. The Morgan fingerprint density at radius 2 is 1.65 bits per heavy atom. The van der Waals surface area contributed by atoms with Crippen molar-refractivity contribution in [3.8, 4) is 0 Å². The van der Waals surface area contributed by atoms with Crippen LogP contribution in [0.5, 0.6) is 0 Å². The van der Waals surface area contributed by atoms with Crippen molar-refractivity contribution in [2.75, 3.05) is 6.54 Å². The van der Waals surface area contributed by atoms with E-state index in [-0.39, 0.29) is 5.41 Å². The summed E-state index contributed by atoms with van der Waals surface area (Å²) in [4.78, 5) is 0. The molecule has 1 unspecified atom stereocenters. The molecule has 1 rings (SSSR count). The van der Waals surface area contributed by atoms with E-state index in [9.17, 15) is 0 Å². The zero-order valence-electron chi connectivity index (χ0n) is 14.1. The number of benzene rings is 1. The highest BCUT2D eigenvalue weighted by atomic mass is 14.9. The van der Waals surface area contributed by atoms with E-state index in [0.717, 1.165) is 13.0 Å². The van der Waals surface area contributed by atoms with Gasteiger partial charge in [-0.25, -0.2) is 0 Å². The molecule has 0 aliphatic carbocycles. The number of unbranched alkanes of at least 4 members (excludes halogenated alkanes) is 2. The van der Waals surface area contributed by atoms with Gasteiger partial charge in [-0.2, -0.15) is 0 Å². The Balaban J connectivity index is 2.59. The van der Waals surface area contributed by atoms with Gasteiger partial charge in [0.15, 0.2) is 0 Å². The van der Waals surface area contributed by atoms with E-state index in [1.807, 2.05) is 0 Å². The van der Waals surface area contributed by atoms with Gasteiger partial charge >= 0.3 is 0 Å². The van der Waals surface area contributed by atoms with Crippen LogP contribution in [-0.2, 0) is 11.8 Å². The highest BCUT2D eigenvalue weighted by Crippen LogP contribution is 2.22. The van der Waals surface area contributed by atoms with Gasteiger partial charge in [-0.05, 0) is 35.9 Å². The van der Waals surface area contributed by atoms with Gasteiger partial charge < -0.3 is 5.32 Å². The average molecular weight is 275 g/mol. The summed E-state index contributed by atoms with van der Waals surface area (Å²) in [6.45, 7) is 12.4. The lowest BCUT2D eigenvalue weighted by Crippen LogP contribution is -2.30. The first-order valence-electron chi connectivity index (χ1n) is 8.30. The van der Waals surface area contributed by atoms with Crippen LogP contribution in [0.3, 0.4) is 0 Å². The molecule has 0 spiro atoms. The minimum absolute atomic E-state index is 0.251. The van der Waals surface area contributed by atoms with Crippen molar-refractivity contribution in [3.63, 3.8) is 0 Å². The number of nitrogens with one attached hydrogen (secondary N) is 1. The predicted octanol–water partition coefficient (Wildman–Crippen LogP) is 5.09. The molecule has 114 valence electrons. The van der Waals surface area contributed by atoms with Gasteiger partial charge in [-0.15, -0.1) is 0 Å². The standard InChI is InChI=1S/C19H33N/c1-6-8-9-10-18(20-7-2)15-16-11-13-17(14-12-16)19(3,4)5/h11-14,18,20H,6-10,15H2,1-5H3. The van der Waals surface area contributed by atoms with Crippen molar-refractivity contribution in [2.45, 2.75) is 78.2 Å². The molecule has 0 amide bonds. The molecule has 0 saturated carbocycles. The SMILES string of the molecule is CCCCCC(Cc1ccc(C(C)(C)C)cc1)NCC. The van der Waals surface area contributed by atoms with Crippen LogP contribution in [0.15, 0.2) is 24.3 Å². The first-order chi connectivity index (χ1) is 9.47. The Labute approximate surface area is 126 Å². The molecule has 1 nitrogen and oxygen atoms in total. The predicted molar refractivity (Wildman–Crippen MR) is 90.5 cm³/mol. The lowest BCUT2D eigenvalue weighted by molar-refractivity contribution is 0.467. The number of hydrogen-bond donors (Lipinski definition) is 1. The zero-order chi connectivity index (χ0) is 15.0. The Hall–Kier alpha value is -0.820. The van der Waals surface area contributed by atoms with E-state index in [1.165, 1.54) is 36.8 Å². The fraction of sp³-hybridized carbons (Fsp3) is 0.684. The third kappa shape index (κ3) is 6.09. The lowest BCUT2D eigenvalue weighted by Gasteiger charge is -2.21. The zero-order valence-corrected chi connectivity index (χ0v) is 14.1. The monoisotopic (exact) mass is 275 g/mol. The largest absolute Gasteiger partial charge is 0.314 e. The lowest BCUT2D eigenvalue weighted by atomic mass is 9.86. The molecular weight excluding hydrogens is 242 g/mol. The van der Waals surface area contributed by atoms with Crippen LogP contribution in [0, 0.1) is 0 Å². The Bertz CT molecular complexity index is 358. The molecule has 0 radical (unpaired) electrons. The van der Waals surface area contributed by atoms with Crippen molar-refractivity contribution < 1.29 is 0 Å². The molecule has 0 fully saturated rings. The summed E-state index contributed by atoms with van der Waals surface area (Å²) in [6, 6.07) is 9.84. The quantitative estimate of drug-likeness (QED) is 0.652. The summed E-state index contributed by atoms with van der Waals surface area (Å²) in [6.07, 6.45) is 6.45. The maximum Gasteiger partial charge on any atom is 0.0107 e. The number of hydrogen-bond acceptors (Lipinski definition) is 1. The Kier molecular flexibility index (Phi) is 7.29. The second-order valence-electron chi connectivity index (χ2n) is 6.90. The van der Waals surface area contributed by atoms with Gasteiger partial charge in [0.05, 0.1) is 0 Å². The van der Waals surface area contributed by atoms with Crippen molar-refractivity contribution in [1.82, 2.24) is 5.32 Å².